The van der Waals surface area contributed by atoms with Crippen LogP contribution in [0.1, 0.15) is 36.5 Å². The topological polar surface area (TPSA) is 61.4 Å². The van der Waals surface area contributed by atoms with Gasteiger partial charge in [-0.2, -0.15) is 11.8 Å². The molecule has 7 heteroatoms. The largest absolute Gasteiger partial charge is 0.339 e. The number of hydrogen-bond acceptors (Lipinski definition) is 4. The van der Waals surface area contributed by atoms with Crippen molar-refractivity contribution in [1.82, 2.24) is 10.2 Å². The molecule has 144 valence electrons. The summed E-state index contributed by atoms with van der Waals surface area (Å²) in [6.07, 6.45) is 2.54. The number of anilines is 1. The standard InChI is InChI=1S/C19H27N3O2S.ClH/c1-14-6-9-22(10-7-14)19(24)16-4-2-3-5-17(16)21-18(23)12-15-13-25-11-8-20-15;/h2-5,14-15,20H,6-13H2,1H3,(H,21,23);1H. The first kappa shape index (κ1) is 21.1. The monoisotopic (exact) mass is 397 g/mol. The van der Waals surface area contributed by atoms with Crippen molar-refractivity contribution >= 4 is 41.7 Å². The van der Waals surface area contributed by atoms with Crippen LogP contribution in [0.25, 0.3) is 0 Å². The highest BCUT2D eigenvalue weighted by Gasteiger charge is 2.24. The molecule has 3 rings (SSSR count). The number of hydrogen-bond donors (Lipinski definition) is 2. The zero-order valence-electron chi connectivity index (χ0n) is 15.2. The highest BCUT2D eigenvalue weighted by Crippen LogP contribution is 2.22. The van der Waals surface area contributed by atoms with Crippen LogP contribution >= 0.6 is 24.2 Å². The first-order valence-electron chi connectivity index (χ1n) is 9.13. The Bertz CT molecular complexity index is 615. The number of amides is 2. The fourth-order valence-corrected chi connectivity index (χ4v) is 4.29. The van der Waals surface area contributed by atoms with E-state index in [1.54, 1.807) is 0 Å². The summed E-state index contributed by atoms with van der Waals surface area (Å²) in [7, 11) is 0. The molecule has 2 fully saturated rings. The van der Waals surface area contributed by atoms with E-state index in [0.717, 1.165) is 44.0 Å². The van der Waals surface area contributed by atoms with E-state index in [0.29, 0.717) is 23.6 Å². The quantitative estimate of drug-likeness (QED) is 0.819. The Morgan fingerprint density at radius 3 is 2.69 bits per heavy atom. The Morgan fingerprint density at radius 1 is 1.27 bits per heavy atom. The molecule has 1 atom stereocenters. The average molecular weight is 398 g/mol. The van der Waals surface area contributed by atoms with Gasteiger partial charge in [0.25, 0.3) is 5.91 Å². The molecule has 5 nitrogen and oxygen atoms in total. The molecule has 2 heterocycles. The van der Waals surface area contributed by atoms with Gasteiger partial charge in [-0.3, -0.25) is 9.59 Å². The second-order valence-electron chi connectivity index (χ2n) is 7.00. The van der Waals surface area contributed by atoms with Crippen molar-refractivity contribution in [3.8, 4) is 0 Å². The van der Waals surface area contributed by atoms with Crippen LogP contribution in [0.3, 0.4) is 0 Å². The molecule has 0 saturated carbocycles. The maximum absolute atomic E-state index is 12.9. The van der Waals surface area contributed by atoms with Crippen LogP contribution in [-0.2, 0) is 4.79 Å². The third-order valence-corrected chi connectivity index (χ3v) is 6.06. The van der Waals surface area contributed by atoms with Crippen LogP contribution in [-0.4, -0.2) is 53.9 Å². The molecule has 0 aliphatic carbocycles. The number of rotatable bonds is 4. The molecule has 1 aromatic rings. The predicted molar refractivity (Wildman–Crippen MR) is 110 cm³/mol. The summed E-state index contributed by atoms with van der Waals surface area (Å²) < 4.78 is 0. The van der Waals surface area contributed by atoms with Gasteiger partial charge >= 0.3 is 0 Å². The van der Waals surface area contributed by atoms with Crippen LogP contribution in [0.5, 0.6) is 0 Å². The van der Waals surface area contributed by atoms with E-state index in [4.69, 9.17) is 0 Å². The number of carbonyl (C=O) groups is 2. The van der Waals surface area contributed by atoms with Gasteiger partial charge in [0, 0.05) is 43.6 Å². The van der Waals surface area contributed by atoms with Gasteiger partial charge in [-0.05, 0) is 30.9 Å². The molecule has 26 heavy (non-hydrogen) atoms. The third-order valence-electron chi connectivity index (χ3n) is 4.93. The molecular weight excluding hydrogens is 370 g/mol. The Labute approximate surface area is 166 Å². The van der Waals surface area contributed by atoms with E-state index in [1.807, 2.05) is 40.9 Å². The SMILES string of the molecule is CC1CCN(C(=O)c2ccccc2NC(=O)CC2CSCCN2)CC1.Cl. The lowest BCUT2D eigenvalue weighted by atomic mass is 9.98. The molecule has 0 spiro atoms. The highest BCUT2D eigenvalue weighted by molar-refractivity contribution is 7.99. The molecular formula is C19H28ClN3O2S. The lowest BCUT2D eigenvalue weighted by Crippen LogP contribution is -2.40. The molecule has 0 bridgehead atoms. The Morgan fingerprint density at radius 2 is 2.00 bits per heavy atom. The van der Waals surface area contributed by atoms with Gasteiger partial charge < -0.3 is 15.5 Å². The number of likely N-dealkylation sites (tertiary alicyclic amines) is 1. The number of carbonyl (C=O) groups excluding carboxylic acids is 2. The first-order valence-corrected chi connectivity index (χ1v) is 10.3. The number of halogens is 1. The molecule has 2 aliphatic rings. The molecule has 1 aromatic carbocycles. The fourth-order valence-electron chi connectivity index (χ4n) is 3.34. The summed E-state index contributed by atoms with van der Waals surface area (Å²) in [6.45, 7) is 4.77. The Hall–Kier alpha value is -1.24. The summed E-state index contributed by atoms with van der Waals surface area (Å²) in [5.74, 6) is 2.73. The van der Waals surface area contributed by atoms with Gasteiger partial charge in [-0.1, -0.05) is 19.1 Å². The van der Waals surface area contributed by atoms with Crippen molar-refractivity contribution in [3.63, 3.8) is 0 Å². The molecule has 2 amide bonds. The lowest BCUT2D eigenvalue weighted by molar-refractivity contribution is -0.116. The van der Waals surface area contributed by atoms with Gasteiger partial charge in [-0.15, -0.1) is 12.4 Å². The van der Waals surface area contributed by atoms with Crippen LogP contribution in [0.4, 0.5) is 5.69 Å². The van der Waals surface area contributed by atoms with Crippen molar-refractivity contribution in [2.24, 2.45) is 5.92 Å². The van der Waals surface area contributed by atoms with Crippen molar-refractivity contribution in [3.05, 3.63) is 29.8 Å². The molecule has 0 aromatic heterocycles. The predicted octanol–water partition coefficient (Wildman–Crippen LogP) is 3.01. The van der Waals surface area contributed by atoms with Gasteiger partial charge in [0.05, 0.1) is 11.3 Å². The van der Waals surface area contributed by atoms with Gasteiger partial charge in [0.1, 0.15) is 0 Å². The summed E-state index contributed by atoms with van der Waals surface area (Å²) >= 11 is 1.87. The van der Waals surface area contributed by atoms with Gasteiger partial charge in [0.15, 0.2) is 0 Å². The van der Waals surface area contributed by atoms with Crippen LogP contribution in [0, 0.1) is 5.92 Å². The molecule has 2 N–H and O–H groups in total. The van der Waals surface area contributed by atoms with E-state index in [9.17, 15) is 9.59 Å². The number of para-hydroxylation sites is 1. The second kappa shape index (κ2) is 10.2. The minimum atomic E-state index is -0.0347. The smallest absolute Gasteiger partial charge is 0.255 e. The van der Waals surface area contributed by atoms with E-state index in [2.05, 4.69) is 17.6 Å². The number of thioether (sulfide) groups is 1. The number of nitrogens with zero attached hydrogens (tertiary/aromatic N) is 1. The summed E-state index contributed by atoms with van der Waals surface area (Å²) in [6, 6.07) is 7.56. The highest BCUT2D eigenvalue weighted by atomic mass is 35.5. The van der Waals surface area contributed by atoms with Crippen molar-refractivity contribution in [1.29, 1.82) is 0 Å². The number of nitrogens with one attached hydrogen (secondary N) is 2. The molecule has 2 saturated heterocycles. The summed E-state index contributed by atoms with van der Waals surface area (Å²) in [5, 5.41) is 6.32. The fraction of sp³-hybridized carbons (Fsp3) is 0.579. The minimum absolute atomic E-state index is 0. The van der Waals surface area contributed by atoms with Crippen LogP contribution in [0.15, 0.2) is 24.3 Å². The van der Waals surface area contributed by atoms with E-state index in [1.165, 1.54) is 0 Å². The van der Waals surface area contributed by atoms with E-state index in [-0.39, 0.29) is 30.3 Å². The molecule has 0 radical (unpaired) electrons. The lowest BCUT2D eigenvalue weighted by Gasteiger charge is -2.31. The van der Waals surface area contributed by atoms with Gasteiger partial charge in [0.2, 0.25) is 5.91 Å². The molecule has 1 unspecified atom stereocenters. The maximum Gasteiger partial charge on any atom is 0.255 e. The maximum atomic E-state index is 12.9. The van der Waals surface area contributed by atoms with Crippen LogP contribution < -0.4 is 10.6 Å². The van der Waals surface area contributed by atoms with Crippen molar-refractivity contribution in [2.75, 3.05) is 36.5 Å². The minimum Gasteiger partial charge on any atom is -0.339 e. The van der Waals surface area contributed by atoms with Crippen molar-refractivity contribution < 1.29 is 9.59 Å². The summed E-state index contributed by atoms with van der Waals surface area (Å²) in [5.41, 5.74) is 1.22. The average Bonchev–Trinajstić information content (AvgIpc) is 2.63. The van der Waals surface area contributed by atoms with E-state index < -0.39 is 0 Å². The Kier molecular flexibility index (Phi) is 8.25. The Balaban J connectivity index is 0.00000243. The van der Waals surface area contributed by atoms with Gasteiger partial charge in [-0.25, -0.2) is 0 Å². The van der Waals surface area contributed by atoms with E-state index >= 15 is 0 Å². The number of piperidine rings is 1. The first-order chi connectivity index (χ1) is 12.1. The second-order valence-corrected chi connectivity index (χ2v) is 8.15. The zero-order chi connectivity index (χ0) is 17.6. The molecule has 2 aliphatic heterocycles. The zero-order valence-corrected chi connectivity index (χ0v) is 16.8. The third kappa shape index (κ3) is 5.63. The number of benzene rings is 1. The van der Waals surface area contributed by atoms with Crippen molar-refractivity contribution in [2.45, 2.75) is 32.2 Å². The summed E-state index contributed by atoms with van der Waals surface area (Å²) in [4.78, 5) is 27.2. The van der Waals surface area contributed by atoms with Crippen LogP contribution in [0.2, 0.25) is 0 Å². The normalized spacial score (nSPS) is 21.0.